The Labute approximate surface area is 144 Å². The van der Waals surface area contributed by atoms with Gasteiger partial charge in [-0.3, -0.25) is 9.59 Å². The monoisotopic (exact) mass is 325 g/mol. The zero-order chi connectivity index (χ0) is 18.3. The minimum absolute atomic E-state index is 0.119. The largest absolute Gasteiger partial charge is 0.356 e. The standard InChI is InChI=1S/C20H39NO2/c1-15(2)11-12-17(16(3)22)10-9-13-21-18(23)20(7,8)14-19(4,5)6/h15,17H,9-14H2,1-8H3,(H,21,23). The summed E-state index contributed by atoms with van der Waals surface area (Å²) in [4.78, 5) is 24.1. The summed E-state index contributed by atoms with van der Waals surface area (Å²) < 4.78 is 0. The molecule has 0 bridgehead atoms. The number of hydrogen-bond donors (Lipinski definition) is 1. The van der Waals surface area contributed by atoms with E-state index in [1.807, 2.05) is 13.8 Å². The van der Waals surface area contributed by atoms with Crippen LogP contribution in [-0.4, -0.2) is 18.2 Å². The summed E-state index contributed by atoms with van der Waals surface area (Å²) in [7, 11) is 0. The summed E-state index contributed by atoms with van der Waals surface area (Å²) in [5.74, 6) is 1.19. The molecule has 1 N–H and O–H groups in total. The third-order valence-corrected chi connectivity index (χ3v) is 4.27. The number of Topliss-reactive ketones (excluding diaryl/α,β-unsaturated/α-hetero) is 1. The molecule has 0 heterocycles. The molecule has 0 aromatic heterocycles. The van der Waals surface area contributed by atoms with Gasteiger partial charge in [-0.1, -0.05) is 54.9 Å². The molecule has 0 aliphatic rings. The fraction of sp³-hybridized carbons (Fsp3) is 0.900. The molecule has 136 valence electrons. The summed E-state index contributed by atoms with van der Waals surface area (Å²) >= 11 is 0. The zero-order valence-electron chi connectivity index (χ0n) is 16.7. The Kier molecular flexibility index (Phi) is 9.09. The number of nitrogens with one attached hydrogen (secondary N) is 1. The number of amides is 1. The SMILES string of the molecule is CC(=O)C(CCCNC(=O)C(C)(C)CC(C)(C)C)CCC(C)C. The summed E-state index contributed by atoms with van der Waals surface area (Å²) in [5.41, 5.74) is -0.215. The van der Waals surface area contributed by atoms with Crippen LogP contribution in [0.3, 0.4) is 0 Å². The first kappa shape index (κ1) is 22.1. The van der Waals surface area contributed by atoms with Crippen molar-refractivity contribution in [1.82, 2.24) is 5.32 Å². The molecule has 0 aliphatic heterocycles. The molecule has 0 spiro atoms. The molecule has 0 fully saturated rings. The van der Waals surface area contributed by atoms with Gasteiger partial charge in [0, 0.05) is 17.9 Å². The molecule has 1 amide bonds. The number of carbonyl (C=O) groups excluding carboxylic acids is 2. The van der Waals surface area contributed by atoms with Gasteiger partial charge in [-0.2, -0.15) is 0 Å². The Hall–Kier alpha value is -0.860. The second-order valence-electron chi connectivity index (χ2n) is 9.30. The molecule has 0 saturated carbocycles. The van der Waals surface area contributed by atoms with Crippen molar-refractivity contribution in [3.63, 3.8) is 0 Å². The molecule has 0 rings (SSSR count). The second kappa shape index (κ2) is 9.44. The molecule has 0 aliphatic carbocycles. The highest BCUT2D eigenvalue weighted by Gasteiger charge is 2.32. The molecule has 0 radical (unpaired) electrons. The maximum atomic E-state index is 12.4. The molecule has 23 heavy (non-hydrogen) atoms. The summed E-state index contributed by atoms with van der Waals surface area (Å²) in [6.45, 7) is 17.2. The first-order chi connectivity index (χ1) is 10.3. The van der Waals surface area contributed by atoms with Crippen molar-refractivity contribution in [3.8, 4) is 0 Å². The van der Waals surface area contributed by atoms with Crippen LogP contribution < -0.4 is 5.32 Å². The van der Waals surface area contributed by atoms with E-state index in [1.165, 1.54) is 0 Å². The van der Waals surface area contributed by atoms with Crippen LogP contribution in [0.1, 0.15) is 87.5 Å². The Morgan fingerprint density at radius 2 is 1.52 bits per heavy atom. The summed E-state index contributed by atoms with van der Waals surface area (Å²) in [6, 6.07) is 0. The maximum absolute atomic E-state index is 12.4. The smallest absolute Gasteiger partial charge is 0.225 e. The maximum Gasteiger partial charge on any atom is 0.225 e. The van der Waals surface area contributed by atoms with Crippen molar-refractivity contribution in [2.45, 2.75) is 87.5 Å². The Bertz CT molecular complexity index is 378. The van der Waals surface area contributed by atoms with Gasteiger partial charge in [0.15, 0.2) is 0 Å². The molecule has 3 heteroatoms. The Balaban J connectivity index is 4.22. The lowest BCUT2D eigenvalue weighted by atomic mass is 9.75. The highest BCUT2D eigenvalue weighted by molar-refractivity contribution is 5.81. The van der Waals surface area contributed by atoms with Gasteiger partial charge in [-0.25, -0.2) is 0 Å². The van der Waals surface area contributed by atoms with Crippen LogP contribution in [0.25, 0.3) is 0 Å². The van der Waals surface area contributed by atoms with Crippen LogP contribution >= 0.6 is 0 Å². The van der Waals surface area contributed by atoms with Crippen molar-refractivity contribution >= 4 is 11.7 Å². The number of carbonyl (C=O) groups is 2. The molecule has 1 atom stereocenters. The summed E-state index contributed by atoms with van der Waals surface area (Å²) in [5, 5.41) is 3.05. The van der Waals surface area contributed by atoms with Crippen molar-refractivity contribution in [3.05, 3.63) is 0 Å². The van der Waals surface area contributed by atoms with Gasteiger partial charge in [0.25, 0.3) is 0 Å². The molecular weight excluding hydrogens is 286 g/mol. The first-order valence-corrected chi connectivity index (χ1v) is 9.14. The van der Waals surface area contributed by atoms with E-state index in [0.717, 1.165) is 32.1 Å². The number of rotatable bonds is 10. The van der Waals surface area contributed by atoms with E-state index in [4.69, 9.17) is 0 Å². The van der Waals surface area contributed by atoms with Crippen LogP contribution in [-0.2, 0) is 9.59 Å². The van der Waals surface area contributed by atoms with Crippen LogP contribution in [0, 0.1) is 22.7 Å². The van der Waals surface area contributed by atoms with Gasteiger partial charge in [0.05, 0.1) is 0 Å². The quantitative estimate of drug-likeness (QED) is 0.575. The van der Waals surface area contributed by atoms with Gasteiger partial charge < -0.3 is 5.32 Å². The third-order valence-electron chi connectivity index (χ3n) is 4.27. The molecule has 3 nitrogen and oxygen atoms in total. The van der Waals surface area contributed by atoms with Gasteiger partial charge >= 0.3 is 0 Å². The molecule has 1 unspecified atom stereocenters. The molecule has 0 aromatic carbocycles. The average Bonchev–Trinajstić information content (AvgIpc) is 2.33. The highest BCUT2D eigenvalue weighted by Crippen LogP contribution is 2.33. The van der Waals surface area contributed by atoms with E-state index in [0.29, 0.717) is 12.5 Å². The number of ketones is 1. The Morgan fingerprint density at radius 3 is 1.96 bits per heavy atom. The van der Waals surface area contributed by atoms with E-state index >= 15 is 0 Å². The van der Waals surface area contributed by atoms with E-state index < -0.39 is 0 Å². The van der Waals surface area contributed by atoms with Gasteiger partial charge in [0.1, 0.15) is 5.78 Å². The number of hydrogen-bond acceptors (Lipinski definition) is 2. The Morgan fingerprint density at radius 1 is 0.957 bits per heavy atom. The van der Waals surface area contributed by atoms with Crippen LogP contribution in [0.4, 0.5) is 0 Å². The topological polar surface area (TPSA) is 46.2 Å². The van der Waals surface area contributed by atoms with Crippen LogP contribution in [0.5, 0.6) is 0 Å². The van der Waals surface area contributed by atoms with E-state index in [9.17, 15) is 9.59 Å². The molecule has 0 aromatic rings. The van der Waals surface area contributed by atoms with Gasteiger partial charge in [0.2, 0.25) is 5.91 Å². The predicted molar refractivity (Wildman–Crippen MR) is 98.3 cm³/mol. The predicted octanol–water partition coefficient (Wildman–Crippen LogP) is 4.99. The van der Waals surface area contributed by atoms with Crippen molar-refractivity contribution in [2.24, 2.45) is 22.7 Å². The van der Waals surface area contributed by atoms with E-state index in [2.05, 4.69) is 39.9 Å². The lowest BCUT2D eigenvalue weighted by Gasteiger charge is -2.31. The van der Waals surface area contributed by atoms with E-state index in [1.54, 1.807) is 6.92 Å². The minimum Gasteiger partial charge on any atom is -0.356 e. The van der Waals surface area contributed by atoms with E-state index in [-0.39, 0.29) is 28.4 Å². The zero-order valence-corrected chi connectivity index (χ0v) is 16.7. The lowest BCUT2D eigenvalue weighted by Crippen LogP contribution is -2.39. The summed E-state index contributed by atoms with van der Waals surface area (Å²) in [6.07, 6.45) is 4.67. The molecular formula is C20H39NO2. The average molecular weight is 326 g/mol. The van der Waals surface area contributed by atoms with Crippen LogP contribution in [0.2, 0.25) is 0 Å². The van der Waals surface area contributed by atoms with Gasteiger partial charge in [-0.15, -0.1) is 0 Å². The second-order valence-corrected chi connectivity index (χ2v) is 9.30. The third kappa shape index (κ3) is 10.5. The van der Waals surface area contributed by atoms with Gasteiger partial charge in [-0.05, 0) is 43.9 Å². The normalized spacial score (nSPS) is 14.0. The van der Waals surface area contributed by atoms with Crippen molar-refractivity contribution in [2.75, 3.05) is 6.54 Å². The van der Waals surface area contributed by atoms with Crippen molar-refractivity contribution < 1.29 is 9.59 Å². The highest BCUT2D eigenvalue weighted by atomic mass is 16.2. The molecule has 0 saturated heterocycles. The van der Waals surface area contributed by atoms with Crippen molar-refractivity contribution in [1.29, 1.82) is 0 Å². The fourth-order valence-electron chi connectivity index (χ4n) is 3.28. The lowest BCUT2D eigenvalue weighted by molar-refractivity contribution is -0.130. The minimum atomic E-state index is -0.351. The van der Waals surface area contributed by atoms with Crippen LogP contribution in [0.15, 0.2) is 0 Å². The fourth-order valence-corrected chi connectivity index (χ4v) is 3.28. The first-order valence-electron chi connectivity index (χ1n) is 9.14.